The van der Waals surface area contributed by atoms with Gasteiger partial charge in [0.15, 0.2) is 11.5 Å². The predicted octanol–water partition coefficient (Wildman–Crippen LogP) is 4.30. The number of rotatable bonds is 9. The van der Waals surface area contributed by atoms with Gasteiger partial charge in [-0.25, -0.2) is 4.79 Å². The summed E-state index contributed by atoms with van der Waals surface area (Å²) in [5.74, 6) is 0.540. The van der Waals surface area contributed by atoms with Gasteiger partial charge in [-0.3, -0.25) is 0 Å². The molecule has 1 N–H and O–H groups in total. The molecule has 1 saturated heterocycles. The van der Waals surface area contributed by atoms with Crippen molar-refractivity contribution in [3.05, 3.63) is 65.9 Å². The van der Waals surface area contributed by atoms with E-state index < -0.39 is 5.97 Å². The molecule has 6 nitrogen and oxygen atoms in total. The zero-order chi connectivity index (χ0) is 20.9. The summed E-state index contributed by atoms with van der Waals surface area (Å²) in [4.78, 5) is 11.4. The summed E-state index contributed by atoms with van der Waals surface area (Å²) in [6, 6.07) is 13.1. The fourth-order valence-electron chi connectivity index (χ4n) is 2.80. The highest BCUT2D eigenvalue weighted by molar-refractivity contribution is 5.81. The zero-order valence-electron chi connectivity index (χ0n) is 16.9. The van der Waals surface area contributed by atoms with Gasteiger partial charge in [0.25, 0.3) is 0 Å². The average molecular weight is 398 g/mol. The standard InChI is InChI=1S/C23H26O6/c1-4-12-27-21(25)11-13-26-20-10-7-17(14-19(20)24)23(2,3)16-5-8-18(9-6-16)29-22-15-28-22/h5-11,13-14,22,24H,4,12,15H2,1-3H3. The summed E-state index contributed by atoms with van der Waals surface area (Å²) in [5, 5.41) is 10.3. The monoisotopic (exact) mass is 398 g/mol. The molecule has 0 amide bonds. The molecule has 1 unspecified atom stereocenters. The van der Waals surface area contributed by atoms with Crippen molar-refractivity contribution < 1.29 is 28.8 Å². The number of hydrogen-bond acceptors (Lipinski definition) is 6. The summed E-state index contributed by atoms with van der Waals surface area (Å²) in [7, 11) is 0. The molecule has 2 aromatic rings. The smallest absolute Gasteiger partial charge is 0.333 e. The minimum atomic E-state index is -0.482. The Bertz CT molecular complexity index is 865. The van der Waals surface area contributed by atoms with Gasteiger partial charge in [-0.1, -0.05) is 39.0 Å². The summed E-state index contributed by atoms with van der Waals surface area (Å²) in [6.07, 6.45) is 3.02. The minimum absolute atomic E-state index is 0.00649. The Labute approximate surface area is 170 Å². The quantitative estimate of drug-likeness (QED) is 0.294. The van der Waals surface area contributed by atoms with Gasteiger partial charge in [-0.2, -0.15) is 0 Å². The summed E-state index contributed by atoms with van der Waals surface area (Å²) < 4.78 is 20.9. The first-order valence-electron chi connectivity index (χ1n) is 9.62. The normalized spacial score (nSPS) is 15.9. The highest BCUT2D eigenvalue weighted by Gasteiger charge is 2.26. The fraction of sp³-hybridized carbons (Fsp3) is 0.348. The van der Waals surface area contributed by atoms with Crippen molar-refractivity contribution in [1.82, 2.24) is 0 Å². The number of phenols is 1. The number of epoxide rings is 1. The molecule has 1 aliphatic rings. The van der Waals surface area contributed by atoms with E-state index in [0.29, 0.717) is 13.2 Å². The lowest BCUT2D eigenvalue weighted by atomic mass is 9.78. The molecule has 3 rings (SSSR count). The minimum Gasteiger partial charge on any atom is -0.504 e. The van der Waals surface area contributed by atoms with Crippen LogP contribution in [0.2, 0.25) is 0 Å². The Morgan fingerprint density at radius 2 is 1.90 bits per heavy atom. The number of hydrogen-bond donors (Lipinski definition) is 1. The van der Waals surface area contributed by atoms with Gasteiger partial charge >= 0.3 is 5.97 Å². The molecule has 0 saturated carbocycles. The first-order chi connectivity index (χ1) is 13.9. The van der Waals surface area contributed by atoms with Crippen molar-refractivity contribution in [2.24, 2.45) is 0 Å². The predicted molar refractivity (Wildman–Crippen MR) is 108 cm³/mol. The van der Waals surface area contributed by atoms with Crippen LogP contribution in [0, 0.1) is 0 Å². The molecule has 0 aliphatic carbocycles. The maximum atomic E-state index is 11.4. The molecule has 0 spiro atoms. The van der Waals surface area contributed by atoms with Crippen LogP contribution in [0.25, 0.3) is 0 Å². The Kier molecular flexibility index (Phi) is 6.44. The topological polar surface area (TPSA) is 77.5 Å². The van der Waals surface area contributed by atoms with Crippen LogP contribution in [0.3, 0.4) is 0 Å². The third kappa shape index (κ3) is 5.51. The van der Waals surface area contributed by atoms with Crippen LogP contribution in [-0.2, 0) is 19.7 Å². The number of aromatic hydroxyl groups is 1. The average Bonchev–Trinajstić information content (AvgIpc) is 3.52. The number of esters is 1. The molecule has 1 atom stereocenters. The lowest BCUT2D eigenvalue weighted by molar-refractivity contribution is -0.137. The fourth-order valence-corrected chi connectivity index (χ4v) is 2.80. The van der Waals surface area contributed by atoms with Crippen molar-refractivity contribution in [2.75, 3.05) is 13.2 Å². The Hall–Kier alpha value is -2.99. The van der Waals surface area contributed by atoms with E-state index in [1.165, 1.54) is 12.3 Å². The summed E-state index contributed by atoms with van der Waals surface area (Å²) >= 11 is 0. The van der Waals surface area contributed by atoms with E-state index in [1.54, 1.807) is 12.1 Å². The van der Waals surface area contributed by atoms with Crippen molar-refractivity contribution in [3.63, 3.8) is 0 Å². The molecular formula is C23H26O6. The molecule has 29 heavy (non-hydrogen) atoms. The largest absolute Gasteiger partial charge is 0.504 e. The maximum Gasteiger partial charge on any atom is 0.333 e. The number of carbonyl (C=O) groups is 1. The van der Waals surface area contributed by atoms with Crippen LogP contribution in [0.4, 0.5) is 0 Å². The highest BCUT2D eigenvalue weighted by Crippen LogP contribution is 2.37. The molecule has 2 aromatic carbocycles. The van der Waals surface area contributed by atoms with Crippen molar-refractivity contribution in [2.45, 2.75) is 38.9 Å². The van der Waals surface area contributed by atoms with Crippen LogP contribution in [0.15, 0.2) is 54.8 Å². The highest BCUT2D eigenvalue weighted by atomic mass is 16.8. The molecule has 6 heteroatoms. The van der Waals surface area contributed by atoms with Crippen LogP contribution < -0.4 is 9.47 Å². The van der Waals surface area contributed by atoms with E-state index in [4.69, 9.17) is 18.9 Å². The van der Waals surface area contributed by atoms with Gasteiger partial charge in [-0.05, 0) is 41.8 Å². The van der Waals surface area contributed by atoms with Gasteiger partial charge in [0.05, 0.1) is 18.9 Å². The van der Waals surface area contributed by atoms with Crippen LogP contribution in [0.1, 0.15) is 38.3 Å². The number of ether oxygens (including phenoxy) is 4. The second kappa shape index (κ2) is 9.01. The second-order valence-corrected chi connectivity index (χ2v) is 7.30. The first-order valence-corrected chi connectivity index (χ1v) is 9.62. The Morgan fingerprint density at radius 3 is 2.52 bits per heavy atom. The molecule has 0 radical (unpaired) electrons. The number of phenolic OH excluding ortho intramolecular Hbond substituents is 1. The maximum absolute atomic E-state index is 11.4. The molecule has 1 heterocycles. The van der Waals surface area contributed by atoms with E-state index >= 15 is 0 Å². The Balaban J connectivity index is 1.67. The molecule has 0 aromatic heterocycles. The molecular weight excluding hydrogens is 372 g/mol. The third-order valence-electron chi connectivity index (χ3n) is 4.67. The summed E-state index contributed by atoms with van der Waals surface area (Å²) in [5.41, 5.74) is 1.66. The SMILES string of the molecule is CCCOC(=O)C=COc1ccc(C(C)(C)c2ccc(OC3CO3)cc2)cc1O. The third-order valence-corrected chi connectivity index (χ3v) is 4.67. The van der Waals surface area contributed by atoms with Gasteiger partial charge in [0.2, 0.25) is 6.29 Å². The lowest BCUT2D eigenvalue weighted by Crippen LogP contribution is -2.18. The number of carbonyl (C=O) groups excluding carboxylic acids is 1. The Morgan fingerprint density at radius 1 is 1.21 bits per heavy atom. The van der Waals surface area contributed by atoms with E-state index in [0.717, 1.165) is 23.3 Å². The zero-order valence-corrected chi connectivity index (χ0v) is 16.9. The first kappa shape index (κ1) is 20.7. The second-order valence-electron chi connectivity index (χ2n) is 7.30. The molecule has 154 valence electrons. The van der Waals surface area contributed by atoms with Crippen LogP contribution in [0.5, 0.6) is 17.2 Å². The molecule has 1 fully saturated rings. The summed E-state index contributed by atoms with van der Waals surface area (Å²) in [6.45, 7) is 7.06. The molecule has 1 aliphatic heterocycles. The van der Waals surface area contributed by atoms with E-state index in [1.807, 2.05) is 37.3 Å². The van der Waals surface area contributed by atoms with Crippen LogP contribution >= 0.6 is 0 Å². The van der Waals surface area contributed by atoms with E-state index in [2.05, 4.69) is 13.8 Å². The van der Waals surface area contributed by atoms with Crippen molar-refractivity contribution in [3.8, 4) is 17.2 Å². The van der Waals surface area contributed by atoms with E-state index in [-0.39, 0.29) is 23.2 Å². The van der Waals surface area contributed by atoms with Crippen LogP contribution in [-0.4, -0.2) is 30.6 Å². The van der Waals surface area contributed by atoms with Crippen molar-refractivity contribution in [1.29, 1.82) is 0 Å². The number of benzene rings is 2. The van der Waals surface area contributed by atoms with Crippen molar-refractivity contribution >= 4 is 5.97 Å². The van der Waals surface area contributed by atoms with E-state index in [9.17, 15) is 9.90 Å². The lowest BCUT2D eigenvalue weighted by Gasteiger charge is -2.26. The van der Waals surface area contributed by atoms with Gasteiger partial charge in [0.1, 0.15) is 12.4 Å². The molecule has 0 bridgehead atoms. The van der Waals surface area contributed by atoms with Gasteiger partial charge in [-0.15, -0.1) is 0 Å². The van der Waals surface area contributed by atoms with Gasteiger partial charge < -0.3 is 24.1 Å². The van der Waals surface area contributed by atoms with Gasteiger partial charge in [0, 0.05) is 5.41 Å².